The van der Waals surface area contributed by atoms with Crippen molar-refractivity contribution < 1.29 is 9.47 Å². The Morgan fingerprint density at radius 2 is 1.43 bits per heavy atom. The zero-order chi connectivity index (χ0) is 21.2. The van der Waals surface area contributed by atoms with Crippen molar-refractivity contribution in [3.8, 4) is 5.75 Å². The summed E-state index contributed by atoms with van der Waals surface area (Å²) in [6.45, 7) is 17.7. The molecule has 1 aromatic rings. The molecular formula is C26H46O2. The van der Waals surface area contributed by atoms with Crippen LogP contribution in [0.15, 0.2) is 24.3 Å². The predicted molar refractivity (Wildman–Crippen MR) is 122 cm³/mol. The summed E-state index contributed by atoms with van der Waals surface area (Å²) in [5, 5.41) is 0. The van der Waals surface area contributed by atoms with Gasteiger partial charge < -0.3 is 9.47 Å². The molecule has 0 N–H and O–H groups in total. The van der Waals surface area contributed by atoms with Gasteiger partial charge in [-0.05, 0) is 48.8 Å². The maximum atomic E-state index is 6.36. The fourth-order valence-corrected chi connectivity index (χ4v) is 3.16. The van der Waals surface area contributed by atoms with Crippen molar-refractivity contribution in [3.63, 3.8) is 0 Å². The van der Waals surface area contributed by atoms with Crippen LogP contribution in [0.2, 0.25) is 0 Å². The van der Waals surface area contributed by atoms with Gasteiger partial charge in [-0.15, -0.1) is 0 Å². The number of hydrogen-bond donors (Lipinski definition) is 0. The van der Waals surface area contributed by atoms with Gasteiger partial charge in [0.05, 0.1) is 6.10 Å². The van der Waals surface area contributed by atoms with Crippen molar-refractivity contribution in [2.75, 3.05) is 0 Å². The van der Waals surface area contributed by atoms with E-state index in [1.807, 2.05) is 0 Å². The van der Waals surface area contributed by atoms with Crippen LogP contribution in [0, 0.1) is 10.8 Å². The lowest BCUT2D eigenvalue weighted by atomic mass is 9.89. The predicted octanol–water partition coefficient (Wildman–Crippen LogP) is 8.18. The zero-order valence-electron chi connectivity index (χ0n) is 19.9. The Labute approximate surface area is 175 Å². The molecule has 28 heavy (non-hydrogen) atoms. The Bertz CT molecular complexity index is 513. The third-order valence-corrected chi connectivity index (χ3v) is 4.91. The largest absolute Gasteiger partial charge is 0.464 e. The molecule has 0 amide bonds. The van der Waals surface area contributed by atoms with E-state index in [1.54, 1.807) is 0 Å². The van der Waals surface area contributed by atoms with Crippen LogP contribution in [0.25, 0.3) is 0 Å². The van der Waals surface area contributed by atoms with E-state index in [0.29, 0.717) is 11.5 Å². The lowest BCUT2D eigenvalue weighted by Crippen LogP contribution is -2.38. The van der Waals surface area contributed by atoms with E-state index in [0.717, 1.165) is 12.2 Å². The van der Waals surface area contributed by atoms with Crippen LogP contribution in [0.4, 0.5) is 0 Å². The minimum absolute atomic E-state index is 0.0393. The molecule has 1 aliphatic rings. The molecule has 1 unspecified atom stereocenters. The maximum Gasteiger partial charge on any atom is 0.204 e. The third kappa shape index (κ3) is 10.5. The van der Waals surface area contributed by atoms with E-state index in [9.17, 15) is 0 Å². The topological polar surface area (TPSA) is 18.5 Å². The van der Waals surface area contributed by atoms with Crippen LogP contribution in [0.1, 0.15) is 106 Å². The molecule has 0 bridgehead atoms. The van der Waals surface area contributed by atoms with Crippen LogP contribution >= 0.6 is 0 Å². The lowest BCUT2D eigenvalue weighted by molar-refractivity contribution is -0.177. The van der Waals surface area contributed by atoms with Gasteiger partial charge in [0.1, 0.15) is 5.75 Å². The number of benzene rings is 1. The Morgan fingerprint density at radius 1 is 0.893 bits per heavy atom. The molecule has 2 rings (SSSR count). The maximum absolute atomic E-state index is 6.36. The van der Waals surface area contributed by atoms with Gasteiger partial charge in [0.15, 0.2) is 0 Å². The Balaban J connectivity index is 0.00000122. The van der Waals surface area contributed by atoms with Crippen molar-refractivity contribution in [1.82, 2.24) is 0 Å². The first-order valence-corrected chi connectivity index (χ1v) is 11.5. The molecule has 1 atom stereocenters. The number of aryl methyl sites for hydroxylation is 1. The first kappa shape index (κ1) is 25.0. The average molecular weight is 391 g/mol. The highest BCUT2D eigenvalue weighted by Gasteiger charge is 2.31. The van der Waals surface area contributed by atoms with Crippen LogP contribution < -0.4 is 4.74 Å². The van der Waals surface area contributed by atoms with Gasteiger partial charge in [0.2, 0.25) is 6.29 Å². The third-order valence-electron chi connectivity index (χ3n) is 4.91. The standard InChI is InChI=1S/C23H38O2.C3H8/c1-22(2,3)17-16-18-12-14-20(15-13-18)25-21(23(4,5)6)24-19-10-8-7-9-11-19;1-3-2/h12-15,19,21H,7-11,16-17H2,1-6H3;3H2,1-2H3. The summed E-state index contributed by atoms with van der Waals surface area (Å²) in [6.07, 6.45) is 9.96. The van der Waals surface area contributed by atoms with Crippen LogP contribution in [-0.2, 0) is 11.2 Å². The van der Waals surface area contributed by atoms with Crippen LogP contribution in [0.3, 0.4) is 0 Å². The molecule has 1 aliphatic carbocycles. The Kier molecular flexibility index (Phi) is 10.6. The van der Waals surface area contributed by atoms with Crippen LogP contribution in [0.5, 0.6) is 5.75 Å². The molecule has 0 heterocycles. The molecule has 0 radical (unpaired) electrons. The molecule has 162 valence electrons. The second-order valence-electron chi connectivity index (χ2n) is 10.6. The summed E-state index contributed by atoms with van der Waals surface area (Å²) >= 11 is 0. The van der Waals surface area contributed by atoms with E-state index in [-0.39, 0.29) is 11.7 Å². The number of hydrogen-bond acceptors (Lipinski definition) is 2. The van der Waals surface area contributed by atoms with Crippen molar-refractivity contribution in [3.05, 3.63) is 29.8 Å². The van der Waals surface area contributed by atoms with E-state index < -0.39 is 0 Å². The van der Waals surface area contributed by atoms with E-state index >= 15 is 0 Å². The molecule has 0 aliphatic heterocycles. The van der Waals surface area contributed by atoms with E-state index in [4.69, 9.17) is 9.47 Å². The lowest BCUT2D eigenvalue weighted by Gasteiger charge is -2.35. The second kappa shape index (κ2) is 11.9. The van der Waals surface area contributed by atoms with Gasteiger partial charge >= 0.3 is 0 Å². The van der Waals surface area contributed by atoms with E-state index in [2.05, 4.69) is 79.7 Å². The van der Waals surface area contributed by atoms with E-state index in [1.165, 1.54) is 50.5 Å². The second-order valence-corrected chi connectivity index (χ2v) is 10.6. The molecule has 2 heteroatoms. The summed E-state index contributed by atoms with van der Waals surface area (Å²) in [5.74, 6) is 0.912. The zero-order valence-corrected chi connectivity index (χ0v) is 19.9. The quantitative estimate of drug-likeness (QED) is 0.456. The van der Waals surface area contributed by atoms with Crippen LogP contribution in [-0.4, -0.2) is 12.4 Å². The van der Waals surface area contributed by atoms with Gasteiger partial charge in [-0.3, -0.25) is 0 Å². The van der Waals surface area contributed by atoms with Gasteiger partial charge in [-0.1, -0.05) is 93.2 Å². The number of ether oxygens (including phenoxy) is 2. The normalized spacial score (nSPS) is 16.9. The molecule has 0 saturated heterocycles. The monoisotopic (exact) mass is 390 g/mol. The fraction of sp³-hybridized carbons (Fsp3) is 0.769. The SMILES string of the molecule is CC(C)(C)CCc1ccc(OC(OC2CCCCC2)C(C)(C)C)cc1.CCC. The molecule has 1 fully saturated rings. The van der Waals surface area contributed by atoms with Gasteiger partial charge in [0.25, 0.3) is 0 Å². The smallest absolute Gasteiger partial charge is 0.204 e. The summed E-state index contributed by atoms with van der Waals surface area (Å²) in [6, 6.07) is 8.59. The summed E-state index contributed by atoms with van der Waals surface area (Å²) in [7, 11) is 0. The summed E-state index contributed by atoms with van der Waals surface area (Å²) in [5.41, 5.74) is 1.71. The highest BCUT2D eigenvalue weighted by atomic mass is 16.7. The summed E-state index contributed by atoms with van der Waals surface area (Å²) < 4.78 is 12.6. The minimum atomic E-state index is -0.198. The average Bonchev–Trinajstić information content (AvgIpc) is 2.61. The number of rotatable bonds is 6. The van der Waals surface area contributed by atoms with Crippen molar-refractivity contribution in [2.24, 2.45) is 10.8 Å². The Morgan fingerprint density at radius 3 is 1.89 bits per heavy atom. The van der Waals surface area contributed by atoms with Crippen molar-refractivity contribution in [1.29, 1.82) is 0 Å². The van der Waals surface area contributed by atoms with Crippen molar-refractivity contribution in [2.45, 2.75) is 119 Å². The summed E-state index contributed by atoms with van der Waals surface area (Å²) in [4.78, 5) is 0. The molecule has 2 nitrogen and oxygen atoms in total. The first-order chi connectivity index (χ1) is 13.0. The minimum Gasteiger partial charge on any atom is -0.464 e. The van der Waals surface area contributed by atoms with Gasteiger partial charge in [0, 0.05) is 5.41 Å². The molecule has 0 spiro atoms. The highest BCUT2D eigenvalue weighted by molar-refractivity contribution is 5.27. The van der Waals surface area contributed by atoms with Crippen molar-refractivity contribution >= 4 is 0 Å². The fourth-order valence-electron chi connectivity index (χ4n) is 3.16. The Hall–Kier alpha value is -1.02. The molecular weight excluding hydrogens is 344 g/mol. The molecule has 1 aromatic carbocycles. The molecule has 1 saturated carbocycles. The first-order valence-electron chi connectivity index (χ1n) is 11.5. The highest BCUT2D eigenvalue weighted by Crippen LogP contribution is 2.31. The van der Waals surface area contributed by atoms with Gasteiger partial charge in [-0.25, -0.2) is 0 Å². The van der Waals surface area contributed by atoms with Gasteiger partial charge in [-0.2, -0.15) is 0 Å². The molecule has 0 aromatic heterocycles.